The van der Waals surface area contributed by atoms with E-state index in [1.54, 1.807) is 0 Å². The highest BCUT2D eigenvalue weighted by Crippen LogP contribution is 2.13. The van der Waals surface area contributed by atoms with Crippen LogP contribution in [0.5, 0.6) is 0 Å². The minimum absolute atomic E-state index is 0.233. The van der Waals surface area contributed by atoms with Gasteiger partial charge in [-0.15, -0.1) is 0 Å². The standard InChI is InChI=1S/C13H16BrNO2.C9H8BrClO.C4H9NO/c14-12-4-1-11(2-5-12)3-6-13(16)15-7-9-17-10-8-15;10-8-4-1-7(2-5-8)3-6-9(11)12;1-3-6-4-2-5-1/h1-2,4-5H,3,6-10H2;1-2,4-5H,3,6H2;5H,1-4H2. The Morgan fingerprint density at radius 3 is 1.63 bits per heavy atom. The van der Waals surface area contributed by atoms with Gasteiger partial charge in [0.05, 0.1) is 26.4 Å². The van der Waals surface area contributed by atoms with Crippen LogP contribution in [0.4, 0.5) is 0 Å². The highest BCUT2D eigenvalue weighted by molar-refractivity contribution is 9.10. The third-order valence-electron chi connectivity index (χ3n) is 5.27. The lowest BCUT2D eigenvalue weighted by molar-refractivity contribution is -0.135. The van der Waals surface area contributed by atoms with Gasteiger partial charge in [0.1, 0.15) is 0 Å². The fourth-order valence-corrected chi connectivity index (χ4v) is 3.91. The van der Waals surface area contributed by atoms with Crippen molar-refractivity contribution in [3.8, 4) is 0 Å². The van der Waals surface area contributed by atoms with Crippen molar-refractivity contribution in [3.05, 3.63) is 68.6 Å². The van der Waals surface area contributed by atoms with E-state index in [0.717, 1.165) is 66.7 Å². The Balaban J connectivity index is 0.000000207. The van der Waals surface area contributed by atoms with E-state index in [1.165, 1.54) is 5.56 Å². The van der Waals surface area contributed by atoms with E-state index in [2.05, 4.69) is 49.3 Å². The van der Waals surface area contributed by atoms with Gasteiger partial charge in [0, 0.05) is 48.0 Å². The number of halogens is 3. The van der Waals surface area contributed by atoms with Gasteiger partial charge in [-0.2, -0.15) is 0 Å². The van der Waals surface area contributed by atoms with Gasteiger partial charge in [0.25, 0.3) is 0 Å². The van der Waals surface area contributed by atoms with Crippen molar-refractivity contribution in [2.45, 2.75) is 25.7 Å². The summed E-state index contributed by atoms with van der Waals surface area (Å²) in [5.41, 5.74) is 2.34. The van der Waals surface area contributed by atoms with E-state index >= 15 is 0 Å². The molecular weight excluding hydrogens is 600 g/mol. The number of benzene rings is 2. The lowest BCUT2D eigenvalue weighted by atomic mass is 10.1. The molecule has 2 aromatic carbocycles. The maximum absolute atomic E-state index is 11.9. The van der Waals surface area contributed by atoms with Crippen molar-refractivity contribution in [2.75, 3.05) is 52.6 Å². The predicted octanol–water partition coefficient (Wildman–Crippen LogP) is 4.99. The molecule has 0 unspecified atom stereocenters. The van der Waals surface area contributed by atoms with Crippen LogP contribution in [-0.4, -0.2) is 68.7 Å². The molecule has 2 fully saturated rings. The fourth-order valence-electron chi connectivity index (χ4n) is 3.28. The number of hydrogen-bond donors (Lipinski definition) is 1. The van der Waals surface area contributed by atoms with Gasteiger partial charge < -0.3 is 19.7 Å². The van der Waals surface area contributed by atoms with Gasteiger partial charge in [-0.3, -0.25) is 9.59 Å². The summed E-state index contributed by atoms with van der Waals surface area (Å²) in [5.74, 6) is 0.233. The molecule has 2 aliphatic rings. The molecule has 4 rings (SSSR count). The van der Waals surface area contributed by atoms with Gasteiger partial charge in [-0.05, 0) is 59.8 Å². The van der Waals surface area contributed by atoms with Gasteiger partial charge in [0.2, 0.25) is 11.1 Å². The number of morpholine rings is 2. The Hall–Kier alpha value is -1.29. The molecule has 9 heteroatoms. The molecule has 2 aliphatic heterocycles. The maximum Gasteiger partial charge on any atom is 0.223 e. The highest BCUT2D eigenvalue weighted by atomic mass is 79.9. The number of nitrogens with one attached hydrogen (secondary N) is 1. The van der Waals surface area contributed by atoms with E-state index < -0.39 is 0 Å². The Bertz CT molecular complexity index is 860. The molecule has 1 amide bonds. The minimum atomic E-state index is -0.280. The first-order valence-corrected chi connectivity index (χ1v) is 13.7. The van der Waals surface area contributed by atoms with Crippen LogP contribution in [-0.2, 0) is 31.9 Å². The number of hydrogen-bond acceptors (Lipinski definition) is 5. The molecule has 6 nitrogen and oxygen atoms in total. The van der Waals surface area contributed by atoms with Crippen molar-refractivity contribution < 1.29 is 19.1 Å². The molecule has 1 N–H and O–H groups in total. The maximum atomic E-state index is 11.9. The normalized spacial score (nSPS) is 15.2. The lowest BCUT2D eigenvalue weighted by Crippen LogP contribution is -2.40. The van der Waals surface area contributed by atoms with E-state index in [0.29, 0.717) is 26.1 Å². The fraction of sp³-hybridized carbons (Fsp3) is 0.462. The summed E-state index contributed by atoms with van der Waals surface area (Å²) in [6.07, 6.45) is 2.52. The summed E-state index contributed by atoms with van der Waals surface area (Å²) in [7, 11) is 0. The first-order valence-electron chi connectivity index (χ1n) is 11.8. The topological polar surface area (TPSA) is 67.9 Å². The molecule has 0 spiro atoms. The van der Waals surface area contributed by atoms with E-state index in [1.807, 2.05) is 41.3 Å². The monoisotopic (exact) mass is 630 g/mol. The molecule has 2 aromatic rings. The van der Waals surface area contributed by atoms with Crippen LogP contribution >= 0.6 is 43.5 Å². The van der Waals surface area contributed by atoms with Crippen molar-refractivity contribution >= 4 is 54.6 Å². The highest BCUT2D eigenvalue weighted by Gasteiger charge is 2.16. The second-order valence-corrected chi connectivity index (χ2v) is 10.2. The zero-order valence-electron chi connectivity index (χ0n) is 19.8. The van der Waals surface area contributed by atoms with Crippen LogP contribution in [0.2, 0.25) is 0 Å². The van der Waals surface area contributed by atoms with Crippen molar-refractivity contribution in [1.82, 2.24) is 10.2 Å². The predicted molar refractivity (Wildman–Crippen MR) is 147 cm³/mol. The molecule has 0 saturated carbocycles. The molecule has 0 aliphatic carbocycles. The number of rotatable bonds is 6. The molecule has 0 radical (unpaired) electrons. The van der Waals surface area contributed by atoms with E-state index in [4.69, 9.17) is 21.1 Å². The van der Waals surface area contributed by atoms with Gasteiger partial charge >= 0.3 is 0 Å². The number of amides is 1. The van der Waals surface area contributed by atoms with Crippen molar-refractivity contribution in [1.29, 1.82) is 0 Å². The number of nitrogens with zero attached hydrogens (tertiary/aromatic N) is 1. The second kappa shape index (κ2) is 18.0. The van der Waals surface area contributed by atoms with Crippen LogP contribution in [0.3, 0.4) is 0 Å². The smallest absolute Gasteiger partial charge is 0.223 e. The second-order valence-electron chi connectivity index (χ2n) is 7.96. The zero-order valence-corrected chi connectivity index (χ0v) is 23.7. The number of aryl methyl sites for hydroxylation is 2. The SMILES string of the molecule is C1COCCN1.O=C(CCc1ccc(Br)cc1)N1CCOCC1.O=C(Cl)CCc1ccc(Br)cc1. The van der Waals surface area contributed by atoms with Gasteiger partial charge in [0.15, 0.2) is 0 Å². The Kier molecular flexibility index (Phi) is 15.4. The van der Waals surface area contributed by atoms with Crippen LogP contribution in [0.25, 0.3) is 0 Å². The molecule has 2 heterocycles. The van der Waals surface area contributed by atoms with Crippen molar-refractivity contribution in [3.63, 3.8) is 0 Å². The molecule has 2 saturated heterocycles. The largest absolute Gasteiger partial charge is 0.379 e. The number of carbonyl (C=O) groups is 2. The van der Waals surface area contributed by atoms with E-state index in [-0.39, 0.29) is 11.1 Å². The molecule has 35 heavy (non-hydrogen) atoms. The quantitative estimate of drug-likeness (QED) is 0.455. The molecule has 0 atom stereocenters. The summed E-state index contributed by atoms with van der Waals surface area (Å²) in [6.45, 7) is 6.65. The summed E-state index contributed by atoms with van der Waals surface area (Å²) in [6, 6.07) is 16.0. The van der Waals surface area contributed by atoms with Crippen LogP contribution in [0.15, 0.2) is 57.5 Å². The number of carbonyl (C=O) groups excluding carboxylic acids is 2. The Morgan fingerprint density at radius 1 is 0.771 bits per heavy atom. The molecule has 192 valence electrons. The third kappa shape index (κ3) is 14.1. The number of ether oxygens (including phenoxy) is 2. The van der Waals surface area contributed by atoms with Crippen LogP contribution in [0, 0.1) is 0 Å². The van der Waals surface area contributed by atoms with Gasteiger partial charge in [-0.1, -0.05) is 56.1 Å². The van der Waals surface area contributed by atoms with Crippen molar-refractivity contribution in [2.24, 2.45) is 0 Å². The summed E-state index contributed by atoms with van der Waals surface area (Å²) < 4.78 is 12.3. The molecule has 0 bridgehead atoms. The molecule has 0 aromatic heterocycles. The first kappa shape index (κ1) is 29.9. The third-order valence-corrected chi connectivity index (χ3v) is 6.52. The summed E-state index contributed by atoms with van der Waals surface area (Å²) >= 11 is 11.9. The summed E-state index contributed by atoms with van der Waals surface area (Å²) in [5, 5.41) is 2.88. The van der Waals surface area contributed by atoms with Gasteiger partial charge in [-0.25, -0.2) is 0 Å². The van der Waals surface area contributed by atoms with Crippen LogP contribution < -0.4 is 5.32 Å². The summed E-state index contributed by atoms with van der Waals surface area (Å²) in [4.78, 5) is 24.2. The van der Waals surface area contributed by atoms with E-state index in [9.17, 15) is 9.59 Å². The average Bonchev–Trinajstić information content (AvgIpc) is 2.90. The Labute approximate surface area is 229 Å². The lowest BCUT2D eigenvalue weighted by Gasteiger charge is -2.26. The molecular formula is C26H33Br2ClN2O4. The minimum Gasteiger partial charge on any atom is -0.379 e. The Morgan fingerprint density at radius 2 is 1.23 bits per heavy atom. The van der Waals surface area contributed by atoms with Crippen LogP contribution in [0.1, 0.15) is 24.0 Å². The first-order chi connectivity index (χ1) is 16.9. The zero-order chi connectivity index (χ0) is 25.3. The average molecular weight is 633 g/mol.